The molecular weight excluding hydrogens is 242 g/mol. The predicted octanol–water partition coefficient (Wildman–Crippen LogP) is 2.77. The first-order valence-electron chi connectivity index (χ1n) is 7.63. The molecule has 1 rings (SSSR count). The number of nitrogens with zero attached hydrogens (tertiary/aromatic N) is 1. The molecule has 0 aliphatic heterocycles. The lowest BCUT2D eigenvalue weighted by Crippen LogP contribution is -2.39. The second-order valence-corrected chi connectivity index (χ2v) is 5.90. The highest BCUT2D eigenvalue weighted by atomic mass is 16.5. The molecule has 0 bridgehead atoms. The van der Waals surface area contributed by atoms with E-state index in [1.165, 1.54) is 25.7 Å². The average Bonchev–Trinajstić information content (AvgIpc) is 2.85. The lowest BCUT2D eigenvalue weighted by Gasteiger charge is -2.31. The van der Waals surface area contributed by atoms with Gasteiger partial charge >= 0.3 is 5.97 Å². The minimum absolute atomic E-state index is 0.463. The molecular formula is C15H29NO3. The quantitative estimate of drug-likeness (QED) is 0.700. The molecule has 4 nitrogen and oxygen atoms in total. The molecule has 4 heteroatoms. The SMILES string of the molecule is CCOC(CCN(CC(C)C)C1CCCC1)C(=O)O. The van der Waals surface area contributed by atoms with Crippen LogP contribution in [0.3, 0.4) is 0 Å². The van der Waals surface area contributed by atoms with Crippen molar-refractivity contribution in [2.45, 2.75) is 65.0 Å². The molecule has 1 aliphatic carbocycles. The van der Waals surface area contributed by atoms with E-state index in [4.69, 9.17) is 9.84 Å². The topological polar surface area (TPSA) is 49.8 Å². The van der Waals surface area contributed by atoms with Gasteiger partial charge in [-0.2, -0.15) is 0 Å². The van der Waals surface area contributed by atoms with E-state index in [9.17, 15) is 4.79 Å². The molecule has 1 atom stereocenters. The van der Waals surface area contributed by atoms with E-state index in [1.54, 1.807) is 0 Å². The lowest BCUT2D eigenvalue weighted by molar-refractivity contribution is -0.150. The average molecular weight is 271 g/mol. The van der Waals surface area contributed by atoms with Crippen LogP contribution >= 0.6 is 0 Å². The number of aliphatic carboxylic acids is 1. The summed E-state index contributed by atoms with van der Waals surface area (Å²) in [6, 6.07) is 0.651. The Hall–Kier alpha value is -0.610. The Morgan fingerprint density at radius 1 is 1.37 bits per heavy atom. The van der Waals surface area contributed by atoms with E-state index in [2.05, 4.69) is 18.7 Å². The summed E-state index contributed by atoms with van der Waals surface area (Å²) in [4.78, 5) is 13.6. The van der Waals surface area contributed by atoms with Crippen molar-refractivity contribution in [3.63, 3.8) is 0 Å². The van der Waals surface area contributed by atoms with Crippen molar-refractivity contribution in [3.8, 4) is 0 Å². The van der Waals surface area contributed by atoms with Crippen LogP contribution in [0.5, 0.6) is 0 Å². The van der Waals surface area contributed by atoms with Crippen molar-refractivity contribution in [2.24, 2.45) is 5.92 Å². The second-order valence-electron chi connectivity index (χ2n) is 5.90. The van der Waals surface area contributed by atoms with Crippen LogP contribution in [0.4, 0.5) is 0 Å². The first kappa shape index (κ1) is 16.4. The van der Waals surface area contributed by atoms with E-state index < -0.39 is 12.1 Å². The number of rotatable bonds is 9. The Bertz CT molecular complexity index is 262. The molecule has 0 amide bonds. The van der Waals surface area contributed by atoms with E-state index in [0.29, 0.717) is 25.0 Å². The Kier molecular flexibility index (Phi) is 7.39. The minimum atomic E-state index is -0.835. The summed E-state index contributed by atoms with van der Waals surface area (Å²) in [5.41, 5.74) is 0. The lowest BCUT2D eigenvalue weighted by atomic mass is 10.1. The first-order chi connectivity index (χ1) is 9.04. The molecule has 0 aromatic carbocycles. The monoisotopic (exact) mass is 271 g/mol. The highest BCUT2D eigenvalue weighted by molar-refractivity contribution is 5.72. The summed E-state index contributed by atoms with van der Waals surface area (Å²) in [7, 11) is 0. The van der Waals surface area contributed by atoms with Crippen LogP contribution in [0.15, 0.2) is 0 Å². The molecule has 1 fully saturated rings. The van der Waals surface area contributed by atoms with Gasteiger partial charge < -0.3 is 14.7 Å². The Morgan fingerprint density at radius 2 is 2.00 bits per heavy atom. The normalized spacial score (nSPS) is 18.4. The maximum absolute atomic E-state index is 11.1. The summed E-state index contributed by atoms with van der Waals surface area (Å²) < 4.78 is 5.30. The molecule has 0 radical (unpaired) electrons. The molecule has 0 spiro atoms. The van der Waals surface area contributed by atoms with Gasteiger partial charge in [-0.1, -0.05) is 26.7 Å². The molecule has 112 valence electrons. The molecule has 19 heavy (non-hydrogen) atoms. The van der Waals surface area contributed by atoms with Gasteiger partial charge in [0.05, 0.1) is 0 Å². The number of carboxylic acid groups (broad SMARTS) is 1. The van der Waals surface area contributed by atoms with Gasteiger partial charge in [0.15, 0.2) is 6.10 Å². The van der Waals surface area contributed by atoms with Crippen molar-refractivity contribution in [3.05, 3.63) is 0 Å². The Labute approximate surface area is 117 Å². The third kappa shape index (κ3) is 5.91. The van der Waals surface area contributed by atoms with E-state index >= 15 is 0 Å². The Balaban J connectivity index is 2.48. The molecule has 1 unspecified atom stereocenters. The van der Waals surface area contributed by atoms with Crippen molar-refractivity contribution >= 4 is 5.97 Å². The third-order valence-electron chi connectivity index (χ3n) is 3.76. The first-order valence-corrected chi connectivity index (χ1v) is 7.63. The van der Waals surface area contributed by atoms with Crippen LogP contribution < -0.4 is 0 Å². The predicted molar refractivity (Wildman–Crippen MR) is 76.3 cm³/mol. The summed E-state index contributed by atoms with van der Waals surface area (Å²) in [6.45, 7) is 8.64. The van der Waals surface area contributed by atoms with Gasteiger partial charge in [-0.3, -0.25) is 0 Å². The maximum atomic E-state index is 11.1. The fourth-order valence-electron chi connectivity index (χ4n) is 2.92. The fraction of sp³-hybridized carbons (Fsp3) is 0.933. The molecule has 1 saturated carbocycles. The van der Waals surface area contributed by atoms with Gasteiger partial charge in [-0.25, -0.2) is 4.79 Å². The highest BCUT2D eigenvalue weighted by Gasteiger charge is 2.25. The van der Waals surface area contributed by atoms with Crippen molar-refractivity contribution in [2.75, 3.05) is 19.7 Å². The summed E-state index contributed by atoms with van der Waals surface area (Å²) in [5.74, 6) is -0.214. The maximum Gasteiger partial charge on any atom is 0.332 e. The fourth-order valence-corrected chi connectivity index (χ4v) is 2.92. The van der Waals surface area contributed by atoms with Crippen LogP contribution in [-0.2, 0) is 9.53 Å². The van der Waals surface area contributed by atoms with Crippen LogP contribution in [0.2, 0.25) is 0 Å². The third-order valence-corrected chi connectivity index (χ3v) is 3.76. The number of carbonyl (C=O) groups is 1. The van der Waals surface area contributed by atoms with Crippen molar-refractivity contribution < 1.29 is 14.6 Å². The zero-order valence-electron chi connectivity index (χ0n) is 12.6. The van der Waals surface area contributed by atoms with Gasteiger partial charge in [-0.05, 0) is 32.1 Å². The molecule has 0 saturated heterocycles. The van der Waals surface area contributed by atoms with Crippen LogP contribution in [-0.4, -0.2) is 47.8 Å². The number of hydrogen-bond donors (Lipinski definition) is 1. The Morgan fingerprint density at radius 3 is 2.47 bits per heavy atom. The van der Waals surface area contributed by atoms with E-state index in [1.807, 2.05) is 6.92 Å². The molecule has 1 aliphatic rings. The zero-order valence-corrected chi connectivity index (χ0v) is 12.6. The zero-order chi connectivity index (χ0) is 14.3. The summed E-state index contributed by atoms with van der Waals surface area (Å²) in [5, 5.41) is 9.12. The molecule has 0 heterocycles. The van der Waals surface area contributed by atoms with Gasteiger partial charge in [0.2, 0.25) is 0 Å². The van der Waals surface area contributed by atoms with Crippen LogP contribution in [0, 0.1) is 5.92 Å². The second kappa shape index (κ2) is 8.54. The molecule has 0 aromatic rings. The standard InChI is InChI=1S/C15H29NO3/c1-4-19-14(15(17)18)9-10-16(11-12(2)3)13-7-5-6-8-13/h12-14H,4-11H2,1-3H3,(H,17,18). The summed E-state index contributed by atoms with van der Waals surface area (Å²) in [6.07, 6.45) is 5.09. The summed E-state index contributed by atoms with van der Waals surface area (Å²) >= 11 is 0. The van der Waals surface area contributed by atoms with Crippen molar-refractivity contribution in [1.29, 1.82) is 0 Å². The van der Waals surface area contributed by atoms with E-state index in [-0.39, 0.29) is 0 Å². The van der Waals surface area contributed by atoms with Crippen LogP contribution in [0.25, 0.3) is 0 Å². The van der Waals surface area contributed by atoms with Crippen LogP contribution in [0.1, 0.15) is 52.9 Å². The number of carboxylic acids is 1. The highest BCUT2D eigenvalue weighted by Crippen LogP contribution is 2.24. The van der Waals surface area contributed by atoms with Gasteiger partial charge in [-0.15, -0.1) is 0 Å². The number of ether oxygens (including phenoxy) is 1. The molecule has 0 aromatic heterocycles. The molecule has 1 N–H and O–H groups in total. The van der Waals surface area contributed by atoms with Gasteiger partial charge in [0.25, 0.3) is 0 Å². The minimum Gasteiger partial charge on any atom is -0.479 e. The largest absolute Gasteiger partial charge is 0.479 e. The number of hydrogen-bond acceptors (Lipinski definition) is 3. The van der Waals surface area contributed by atoms with Crippen molar-refractivity contribution in [1.82, 2.24) is 4.90 Å². The van der Waals surface area contributed by atoms with Gasteiger partial charge in [0.1, 0.15) is 0 Å². The van der Waals surface area contributed by atoms with Gasteiger partial charge in [0, 0.05) is 25.7 Å². The van der Waals surface area contributed by atoms with E-state index in [0.717, 1.165) is 13.1 Å². The smallest absolute Gasteiger partial charge is 0.332 e.